The Balaban J connectivity index is 1.53. The van der Waals surface area contributed by atoms with Crippen LogP contribution in [0.25, 0.3) is 10.9 Å². The van der Waals surface area contributed by atoms with Gasteiger partial charge in [-0.1, -0.05) is 37.1 Å². The maximum absolute atomic E-state index is 13.2. The summed E-state index contributed by atoms with van der Waals surface area (Å²) in [5, 5.41) is 4.89. The molecule has 0 unspecified atom stereocenters. The second-order valence-electron chi connectivity index (χ2n) is 7.72. The van der Waals surface area contributed by atoms with Crippen LogP contribution in [0.3, 0.4) is 0 Å². The Labute approximate surface area is 176 Å². The molecule has 1 aromatic heterocycles. The van der Waals surface area contributed by atoms with Gasteiger partial charge < -0.3 is 9.64 Å². The highest BCUT2D eigenvalue weighted by atomic mass is 16.5. The van der Waals surface area contributed by atoms with E-state index in [0.717, 1.165) is 49.1 Å². The third-order valence-electron chi connectivity index (χ3n) is 5.87. The van der Waals surface area contributed by atoms with Gasteiger partial charge in [-0.25, -0.2) is 0 Å². The van der Waals surface area contributed by atoms with Crippen LogP contribution in [0.4, 0.5) is 0 Å². The van der Waals surface area contributed by atoms with Crippen molar-refractivity contribution in [3.8, 4) is 5.75 Å². The zero-order valence-corrected chi connectivity index (χ0v) is 17.3. The molecular formula is C24H27N3O3. The number of fused-ring (bicyclic) bond motifs is 1. The van der Waals surface area contributed by atoms with Crippen LogP contribution in [0.1, 0.15) is 43.7 Å². The summed E-state index contributed by atoms with van der Waals surface area (Å²) in [5.41, 5.74) is 1.82. The maximum atomic E-state index is 13.2. The molecule has 1 atom stereocenters. The van der Waals surface area contributed by atoms with Crippen LogP contribution in [0.15, 0.2) is 59.5 Å². The van der Waals surface area contributed by atoms with Gasteiger partial charge in [-0.2, -0.15) is 5.10 Å². The second kappa shape index (κ2) is 9.11. The number of carbonyl (C=O) groups is 1. The first kappa shape index (κ1) is 20.1. The van der Waals surface area contributed by atoms with Crippen molar-refractivity contribution in [1.82, 2.24) is 14.7 Å². The molecule has 1 fully saturated rings. The first-order chi connectivity index (χ1) is 14.7. The lowest BCUT2D eigenvalue weighted by molar-refractivity contribution is -0.133. The molecule has 6 nitrogen and oxygen atoms in total. The van der Waals surface area contributed by atoms with Crippen LogP contribution in [-0.2, 0) is 11.3 Å². The fourth-order valence-electron chi connectivity index (χ4n) is 4.26. The van der Waals surface area contributed by atoms with Crippen LogP contribution in [0, 0.1) is 0 Å². The number of aromatic nitrogens is 2. The molecule has 0 bridgehead atoms. The van der Waals surface area contributed by atoms with Crippen LogP contribution in [0.2, 0.25) is 0 Å². The number of benzene rings is 2. The summed E-state index contributed by atoms with van der Waals surface area (Å²) in [6.45, 7) is 1.22. The zero-order chi connectivity index (χ0) is 20.9. The summed E-state index contributed by atoms with van der Waals surface area (Å²) >= 11 is 0. The van der Waals surface area contributed by atoms with Crippen molar-refractivity contribution in [1.29, 1.82) is 0 Å². The topological polar surface area (TPSA) is 64.4 Å². The van der Waals surface area contributed by atoms with Gasteiger partial charge in [-0.05, 0) is 42.7 Å². The van der Waals surface area contributed by atoms with Gasteiger partial charge in [0.2, 0.25) is 11.3 Å². The Morgan fingerprint density at radius 1 is 1.10 bits per heavy atom. The molecule has 30 heavy (non-hydrogen) atoms. The van der Waals surface area contributed by atoms with Crippen molar-refractivity contribution in [2.45, 2.75) is 44.7 Å². The van der Waals surface area contributed by atoms with E-state index in [4.69, 9.17) is 4.74 Å². The molecule has 0 saturated carbocycles. The predicted octanol–water partition coefficient (Wildman–Crippen LogP) is 3.94. The van der Waals surface area contributed by atoms with Crippen molar-refractivity contribution >= 4 is 16.8 Å². The normalized spacial score (nSPS) is 17.0. The van der Waals surface area contributed by atoms with Gasteiger partial charge in [0.25, 0.3) is 0 Å². The number of carbonyl (C=O) groups excluding carboxylic acids is 1. The van der Waals surface area contributed by atoms with Crippen molar-refractivity contribution < 1.29 is 9.53 Å². The van der Waals surface area contributed by atoms with Crippen LogP contribution < -0.4 is 10.2 Å². The SMILES string of the molecule is COc1ccc([C@H]2CCCCCN2C(=O)CCn2ncc(=O)c3ccccc32)cc1. The minimum absolute atomic E-state index is 0.0876. The minimum atomic E-state index is -0.0970. The van der Waals surface area contributed by atoms with E-state index >= 15 is 0 Å². The minimum Gasteiger partial charge on any atom is -0.497 e. The molecule has 3 aromatic rings. The molecule has 4 rings (SSSR count). The monoisotopic (exact) mass is 405 g/mol. The van der Waals surface area contributed by atoms with E-state index in [0.29, 0.717) is 18.4 Å². The second-order valence-corrected chi connectivity index (χ2v) is 7.72. The molecule has 1 saturated heterocycles. The molecule has 1 aliphatic rings. The quantitative estimate of drug-likeness (QED) is 0.645. The lowest BCUT2D eigenvalue weighted by Crippen LogP contribution is -2.35. The average molecular weight is 405 g/mol. The van der Waals surface area contributed by atoms with Gasteiger partial charge in [0.05, 0.1) is 31.4 Å². The van der Waals surface area contributed by atoms with Crippen molar-refractivity contribution in [2.75, 3.05) is 13.7 Å². The van der Waals surface area contributed by atoms with E-state index in [1.807, 2.05) is 35.2 Å². The number of hydrogen-bond acceptors (Lipinski definition) is 4. The van der Waals surface area contributed by atoms with Crippen molar-refractivity contribution in [3.63, 3.8) is 0 Å². The molecule has 1 amide bonds. The van der Waals surface area contributed by atoms with E-state index in [9.17, 15) is 9.59 Å². The van der Waals surface area contributed by atoms with Crippen LogP contribution in [0.5, 0.6) is 5.75 Å². The van der Waals surface area contributed by atoms with E-state index < -0.39 is 0 Å². The molecule has 0 aliphatic carbocycles. The largest absolute Gasteiger partial charge is 0.497 e. The number of hydrogen-bond donors (Lipinski definition) is 0. The maximum Gasteiger partial charge on any atom is 0.224 e. The highest BCUT2D eigenvalue weighted by molar-refractivity contribution is 5.79. The lowest BCUT2D eigenvalue weighted by atomic mass is 10.0. The number of aryl methyl sites for hydroxylation is 1. The molecule has 6 heteroatoms. The van der Waals surface area contributed by atoms with Gasteiger partial charge in [0, 0.05) is 18.4 Å². The molecule has 0 N–H and O–H groups in total. The standard InChI is InChI=1S/C24H27N3O3/c1-30-19-12-10-18(11-13-19)21-8-3-2-6-15-26(21)24(29)14-16-27-22-9-5-4-7-20(22)23(28)17-25-27/h4-5,7,9-13,17,21H,2-3,6,8,14-16H2,1H3/t21-/m1/s1. The van der Waals surface area contributed by atoms with Crippen molar-refractivity contribution in [2.24, 2.45) is 0 Å². The Morgan fingerprint density at radius 3 is 2.70 bits per heavy atom. The van der Waals surface area contributed by atoms with Crippen LogP contribution in [-0.4, -0.2) is 34.2 Å². The van der Waals surface area contributed by atoms with Gasteiger partial charge in [-0.3, -0.25) is 14.3 Å². The smallest absolute Gasteiger partial charge is 0.224 e. The Morgan fingerprint density at radius 2 is 1.90 bits per heavy atom. The molecule has 1 aliphatic heterocycles. The van der Waals surface area contributed by atoms with E-state index in [1.54, 1.807) is 17.9 Å². The fourth-order valence-corrected chi connectivity index (χ4v) is 4.26. The Hall–Kier alpha value is -3.15. The summed E-state index contributed by atoms with van der Waals surface area (Å²) < 4.78 is 7.03. The van der Waals surface area contributed by atoms with Crippen molar-refractivity contribution in [3.05, 3.63) is 70.5 Å². The van der Waals surface area contributed by atoms with E-state index in [-0.39, 0.29) is 17.4 Å². The van der Waals surface area contributed by atoms with Gasteiger partial charge in [0.1, 0.15) is 5.75 Å². The fraction of sp³-hybridized carbons (Fsp3) is 0.375. The third-order valence-corrected chi connectivity index (χ3v) is 5.87. The predicted molar refractivity (Wildman–Crippen MR) is 117 cm³/mol. The summed E-state index contributed by atoms with van der Waals surface area (Å²) in [4.78, 5) is 27.3. The molecule has 0 spiro atoms. The lowest BCUT2D eigenvalue weighted by Gasteiger charge is -2.31. The number of methoxy groups -OCH3 is 1. The van der Waals surface area contributed by atoms with Gasteiger partial charge in [0.15, 0.2) is 0 Å². The summed E-state index contributed by atoms with van der Waals surface area (Å²) in [7, 11) is 1.66. The van der Waals surface area contributed by atoms with E-state index in [2.05, 4.69) is 17.2 Å². The molecular weight excluding hydrogens is 378 g/mol. The molecule has 2 aromatic carbocycles. The number of ether oxygens (including phenoxy) is 1. The number of amides is 1. The first-order valence-electron chi connectivity index (χ1n) is 10.6. The van der Waals surface area contributed by atoms with Gasteiger partial charge >= 0.3 is 0 Å². The summed E-state index contributed by atoms with van der Waals surface area (Å²) in [5.74, 6) is 0.948. The van der Waals surface area contributed by atoms with E-state index in [1.165, 1.54) is 6.20 Å². The van der Waals surface area contributed by atoms with Crippen LogP contribution >= 0.6 is 0 Å². The first-order valence-corrected chi connectivity index (χ1v) is 10.6. The number of para-hydroxylation sites is 1. The number of likely N-dealkylation sites (tertiary alicyclic amines) is 1. The number of nitrogens with zero attached hydrogens (tertiary/aromatic N) is 3. The van der Waals surface area contributed by atoms with Gasteiger partial charge in [-0.15, -0.1) is 0 Å². The third kappa shape index (κ3) is 4.22. The Kier molecular flexibility index (Phi) is 6.12. The molecule has 156 valence electrons. The molecule has 2 heterocycles. The summed E-state index contributed by atoms with van der Waals surface area (Å²) in [6, 6.07) is 15.5. The zero-order valence-electron chi connectivity index (χ0n) is 17.3. The number of rotatable bonds is 5. The highest BCUT2D eigenvalue weighted by Crippen LogP contribution is 2.31. The Bertz CT molecular complexity index is 1070. The molecule has 0 radical (unpaired) electrons. The highest BCUT2D eigenvalue weighted by Gasteiger charge is 2.26. The summed E-state index contributed by atoms with van der Waals surface area (Å²) in [6.07, 6.45) is 5.94. The average Bonchev–Trinajstić information content (AvgIpc) is 3.05.